The van der Waals surface area contributed by atoms with E-state index in [4.69, 9.17) is 0 Å². The minimum Gasteiger partial charge on any atom is -0.295 e. The van der Waals surface area contributed by atoms with E-state index in [0.717, 1.165) is 0 Å². The average Bonchev–Trinajstić information content (AvgIpc) is 2.64. The molecule has 0 bridgehead atoms. The molecular weight excluding hydrogens is 509 g/mol. The largest absolute Gasteiger partial charge is 0.416 e. The Bertz CT molecular complexity index is 962. The van der Waals surface area contributed by atoms with Crippen molar-refractivity contribution in [1.82, 2.24) is 0 Å². The van der Waals surface area contributed by atoms with Gasteiger partial charge in [0, 0.05) is 0 Å². The molecule has 0 radical (unpaired) electrons. The lowest BCUT2D eigenvalue weighted by Crippen LogP contribution is -2.85. The predicted molar refractivity (Wildman–Crippen MR) is 73.9 cm³/mol. The van der Waals surface area contributed by atoms with Gasteiger partial charge in [0.1, 0.15) is 5.82 Å². The van der Waals surface area contributed by atoms with Crippen LogP contribution in [0, 0.1) is 5.82 Å². The topological polar surface area (TPSA) is 34.1 Å². The lowest BCUT2D eigenvalue weighted by Gasteiger charge is -2.51. The van der Waals surface area contributed by atoms with Crippen molar-refractivity contribution in [3.8, 4) is 0 Å². The third-order valence-electron chi connectivity index (χ3n) is 4.74. The van der Waals surface area contributed by atoms with Crippen molar-refractivity contribution in [2.24, 2.45) is 0 Å². The lowest BCUT2D eigenvalue weighted by molar-refractivity contribution is -0.476. The van der Waals surface area contributed by atoms with Gasteiger partial charge in [0.15, 0.2) is 11.6 Å². The maximum absolute atomic E-state index is 14.5. The minimum absolute atomic E-state index is 0.0569. The zero-order chi connectivity index (χ0) is 26.2. The number of benzene rings is 1. The molecule has 0 heterocycles. The van der Waals surface area contributed by atoms with Gasteiger partial charge in [-0.3, -0.25) is 9.59 Å². The Labute approximate surface area is 171 Å². The molecular formula is C16H5F15O2. The summed E-state index contributed by atoms with van der Waals surface area (Å²) in [5.41, 5.74) is -10.6. The second kappa shape index (κ2) is 7.01. The average molecular weight is 514 g/mol. The van der Waals surface area contributed by atoms with Crippen LogP contribution < -0.4 is 0 Å². The molecule has 1 aliphatic rings. The molecule has 1 aliphatic carbocycles. The number of alkyl halides is 14. The highest BCUT2D eigenvalue weighted by Crippen LogP contribution is 2.69. The summed E-state index contributed by atoms with van der Waals surface area (Å²) >= 11 is 0. The van der Waals surface area contributed by atoms with Gasteiger partial charge in [0.05, 0.1) is 17.5 Å². The molecule has 2 nitrogen and oxygen atoms in total. The maximum atomic E-state index is 14.5. The summed E-state index contributed by atoms with van der Waals surface area (Å²) in [7, 11) is 0. The molecule has 1 aromatic carbocycles. The standard InChI is InChI=1S/C16H5F15O2/c17-7-3-5(11(19,20)21)1-2-6(7)8(32)4-9(33)10(18)12(22,23)14(26,27)16(30,31)15(28,29)13(10,24)25/h1-3H,4H2. The summed E-state index contributed by atoms with van der Waals surface area (Å²) in [6.45, 7) is 0. The Hall–Kier alpha value is -2.49. The highest BCUT2D eigenvalue weighted by Gasteiger charge is 3.02. The summed E-state index contributed by atoms with van der Waals surface area (Å²) < 4.78 is 200. The second-order valence-electron chi connectivity index (χ2n) is 6.75. The van der Waals surface area contributed by atoms with Crippen LogP contribution in [-0.2, 0) is 11.0 Å². The van der Waals surface area contributed by atoms with Crippen LogP contribution in [0.4, 0.5) is 65.9 Å². The second-order valence-corrected chi connectivity index (χ2v) is 6.75. The predicted octanol–water partition coefficient (Wildman–Crippen LogP) is 5.88. The van der Waals surface area contributed by atoms with E-state index in [-0.39, 0.29) is 12.1 Å². The third-order valence-corrected chi connectivity index (χ3v) is 4.74. The molecule has 33 heavy (non-hydrogen) atoms. The first-order valence-electron chi connectivity index (χ1n) is 7.94. The van der Waals surface area contributed by atoms with Crippen LogP contribution in [0.1, 0.15) is 22.3 Å². The van der Waals surface area contributed by atoms with Crippen LogP contribution in [0.15, 0.2) is 18.2 Å². The first-order valence-corrected chi connectivity index (χ1v) is 7.94. The number of hydrogen-bond donors (Lipinski definition) is 0. The summed E-state index contributed by atoms with van der Waals surface area (Å²) in [4.78, 5) is 23.5. The quantitative estimate of drug-likeness (QED) is 0.286. The Kier molecular flexibility index (Phi) is 5.68. The zero-order valence-electron chi connectivity index (χ0n) is 14.9. The van der Waals surface area contributed by atoms with E-state index in [2.05, 4.69) is 0 Å². The van der Waals surface area contributed by atoms with Gasteiger partial charge in [0.2, 0.25) is 0 Å². The van der Waals surface area contributed by atoms with Crippen LogP contribution in [-0.4, -0.2) is 46.8 Å². The Balaban J connectivity index is 2.57. The molecule has 0 unspecified atom stereocenters. The fourth-order valence-electron chi connectivity index (χ4n) is 2.85. The molecule has 1 aromatic rings. The molecule has 1 saturated carbocycles. The van der Waals surface area contributed by atoms with Gasteiger partial charge in [0.25, 0.3) is 0 Å². The van der Waals surface area contributed by atoms with Crippen molar-refractivity contribution < 1.29 is 75.4 Å². The van der Waals surface area contributed by atoms with E-state index in [1.165, 1.54) is 0 Å². The SMILES string of the molecule is O=C(CC(=O)C1(F)C(F)(F)C(F)(F)C(F)(F)C(F)(F)C1(F)F)c1ccc(C(F)(F)F)cc1F. The number of carbonyl (C=O) groups is 2. The van der Waals surface area contributed by atoms with Crippen LogP contribution in [0.25, 0.3) is 0 Å². The molecule has 2 rings (SSSR count). The van der Waals surface area contributed by atoms with E-state index in [1.54, 1.807) is 0 Å². The normalized spacial score (nSPS) is 24.2. The first-order chi connectivity index (χ1) is 14.4. The molecule has 186 valence electrons. The van der Waals surface area contributed by atoms with E-state index < -0.39 is 82.5 Å². The maximum Gasteiger partial charge on any atom is 0.416 e. The number of rotatable bonds is 4. The number of hydrogen-bond acceptors (Lipinski definition) is 2. The minimum atomic E-state index is -7.60. The van der Waals surface area contributed by atoms with Crippen LogP contribution in [0.2, 0.25) is 0 Å². The number of ketones is 2. The zero-order valence-corrected chi connectivity index (χ0v) is 14.9. The van der Waals surface area contributed by atoms with Crippen molar-refractivity contribution in [1.29, 1.82) is 0 Å². The van der Waals surface area contributed by atoms with Crippen molar-refractivity contribution in [3.63, 3.8) is 0 Å². The molecule has 0 aliphatic heterocycles. The van der Waals surface area contributed by atoms with Crippen LogP contribution >= 0.6 is 0 Å². The molecule has 0 aromatic heterocycles. The molecule has 0 atom stereocenters. The third kappa shape index (κ3) is 3.13. The van der Waals surface area contributed by atoms with Crippen LogP contribution in [0.5, 0.6) is 0 Å². The summed E-state index contributed by atoms with van der Waals surface area (Å²) in [5, 5.41) is 0. The van der Waals surface area contributed by atoms with Gasteiger partial charge in [-0.25, -0.2) is 8.78 Å². The highest BCUT2D eigenvalue weighted by atomic mass is 19.4. The number of Topliss-reactive ketones (excluding diaryl/α,β-unsaturated/α-hetero) is 2. The Morgan fingerprint density at radius 3 is 1.45 bits per heavy atom. The lowest BCUT2D eigenvalue weighted by atomic mass is 9.69. The number of halogens is 15. The number of carbonyl (C=O) groups excluding carboxylic acids is 2. The van der Waals surface area contributed by atoms with Crippen molar-refractivity contribution in [2.45, 2.75) is 47.9 Å². The van der Waals surface area contributed by atoms with E-state index in [9.17, 15) is 75.4 Å². The smallest absolute Gasteiger partial charge is 0.295 e. The first kappa shape index (κ1) is 26.8. The fraction of sp³-hybridized carbons (Fsp3) is 0.500. The van der Waals surface area contributed by atoms with Crippen molar-refractivity contribution >= 4 is 11.6 Å². The fourth-order valence-corrected chi connectivity index (χ4v) is 2.85. The molecule has 17 heteroatoms. The summed E-state index contributed by atoms with van der Waals surface area (Å²) in [6.07, 6.45) is -8.03. The molecule has 0 amide bonds. The van der Waals surface area contributed by atoms with Gasteiger partial charge in [-0.2, -0.15) is 57.1 Å². The van der Waals surface area contributed by atoms with Gasteiger partial charge in [-0.05, 0) is 18.2 Å². The van der Waals surface area contributed by atoms with Crippen LogP contribution in [0.3, 0.4) is 0 Å². The van der Waals surface area contributed by atoms with Crippen molar-refractivity contribution in [3.05, 3.63) is 35.1 Å². The Morgan fingerprint density at radius 2 is 1.09 bits per heavy atom. The van der Waals surface area contributed by atoms with E-state index >= 15 is 0 Å². The van der Waals surface area contributed by atoms with Gasteiger partial charge < -0.3 is 0 Å². The molecule has 0 saturated heterocycles. The van der Waals surface area contributed by atoms with Crippen molar-refractivity contribution in [2.75, 3.05) is 0 Å². The monoisotopic (exact) mass is 514 g/mol. The van der Waals surface area contributed by atoms with Gasteiger partial charge >= 0.3 is 41.5 Å². The summed E-state index contributed by atoms with van der Waals surface area (Å²) in [6, 6.07) is -0.568. The summed E-state index contributed by atoms with van der Waals surface area (Å²) in [5.74, 6) is -46.2. The van der Waals surface area contributed by atoms with E-state index in [0.29, 0.717) is 0 Å². The molecule has 0 N–H and O–H groups in total. The Morgan fingerprint density at radius 1 is 0.697 bits per heavy atom. The molecule has 0 spiro atoms. The van der Waals surface area contributed by atoms with E-state index in [1.807, 2.05) is 0 Å². The van der Waals surface area contributed by atoms with Gasteiger partial charge in [-0.15, -0.1) is 0 Å². The molecule has 1 fully saturated rings. The van der Waals surface area contributed by atoms with Gasteiger partial charge in [-0.1, -0.05) is 0 Å². The highest BCUT2D eigenvalue weighted by molar-refractivity contribution is 6.11.